The maximum atomic E-state index is 13.6. The first-order valence-corrected chi connectivity index (χ1v) is 11.8. The van der Waals surface area contributed by atoms with Crippen molar-refractivity contribution in [3.8, 4) is 16.9 Å². The summed E-state index contributed by atoms with van der Waals surface area (Å²) >= 11 is 6.19. The topological polar surface area (TPSA) is 117 Å². The monoisotopic (exact) mass is 575 g/mol. The maximum absolute atomic E-state index is 13.6. The molecule has 0 fully saturated rings. The Hall–Kier alpha value is -4.64. The molecule has 206 valence electrons. The molecule has 1 aromatic heterocycles. The van der Waals surface area contributed by atoms with Crippen molar-refractivity contribution in [2.45, 2.75) is 19.5 Å². The summed E-state index contributed by atoms with van der Waals surface area (Å²) in [5, 5.41) is 21.2. The van der Waals surface area contributed by atoms with E-state index < -0.39 is 52.9 Å². The average molecular weight is 576 g/mol. The molecule has 0 saturated heterocycles. The van der Waals surface area contributed by atoms with Gasteiger partial charge in [-0.15, -0.1) is 0 Å². The number of carbonyl (C=O) groups is 2. The molecule has 0 aliphatic carbocycles. The molecule has 12 heteroatoms. The molecule has 0 spiro atoms. The molecule has 40 heavy (non-hydrogen) atoms. The van der Waals surface area contributed by atoms with Gasteiger partial charge in [0.1, 0.15) is 5.58 Å². The molecule has 0 aliphatic heterocycles. The molecule has 1 heterocycles. The zero-order valence-electron chi connectivity index (χ0n) is 20.4. The van der Waals surface area contributed by atoms with Crippen LogP contribution < -0.4 is 10.9 Å². The van der Waals surface area contributed by atoms with Gasteiger partial charge in [-0.25, -0.2) is 14.0 Å². The van der Waals surface area contributed by atoms with Gasteiger partial charge >= 0.3 is 17.8 Å². The summed E-state index contributed by atoms with van der Waals surface area (Å²) in [6, 6.07) is 9.82. The highest BCUT2D eigenvalue weighted by Crippen LogP contribution is 2.38. The molecule has 4 rings (SSSR count). The quantitative estimate of drug-likeness (QED) is 0.136. The predicted molar refractivity (Wildman–Crippen MR) is 140 cm³/mol. The first-order chi connectivity index (χ1) is 18.7. The fourth-order valence-corrected chi connectivity index (χ4v) is 4.23. The fourth-order valence-electron chi connectivity index (χ4n) is 4.08. The van der Waals surface area contributed by atoms with Gasteiger partial charge in [0.05, 0.1) is 23.2 Å². The number of fused-ring (bicyclic) bond motifs is 1. The van der Waals surface area contributed by atoms with Crippen molar-refractivity contribution in [1.29, 1.82) is 0 Å². The highest BCUT2D eigenvalue weighted by Gasteiger charge is 2.35. The van der Waals surface area contributed by atoms with Crippen LogP contribution in [0, 0.1) is 12.7 Å². The molecule has 0 atom stereocenters. The largest absolute Gasteiger partial charge is 0.505 e. The minimum Gasteiger partial charge on any atom is -0.505 e. The van der Waals surface area contributed by atoms with Crippen LogP contribution in [0.3, 0.4) is 0 Å². The first-order valence-electron chi connectivity index (χ1n) is 11.4. The summed E-state index contributed by atoms with van der Waals surface area (Å²) in [4.78, 5) is 37.0. The second kappa shape index (κ2) is 10.9. The van der Waals surface area contributed by atoms with Gasteiger partial charge < -0.3 is 19.9 Å². The number of rotatable bonds is 6. The number of aromatic hydroxyl groups is 1. The number of amides is 1. The third kappa shape index (κ3) is 5.99. The van der Waals surface area contributed by atoms with Gasteiger partial charge in [0.2, 0.25) is 5.91 Å². The summed E-state index contributed by atoms with van der Waals surface area (Å²) in [5.41, 5.74) is -1.92. The number of phenols is 1. The molecule has 7 nitrogen and oxygen atoms in total. The number of halogens is 5. The fraction of sp³-hybridized carbons (Fsp3) is 0.107. The zero-order chi connectivity index (χ0) is 29.4. The van der Waals surface area contributed by atoms with E-state index in [0.29, 0.717) is 33.2 Å². The van der Waals surface area contributed by atoms with E-state index in [0.717, 1.165) is 6.08 Å². The first kappa shape index (κ1) is 28.4. The highest BCUT2D eigenvalue weighted by atomic mass is 35.5. The van der Waals surface area contributed by atoms with Crippen LogP contribution in [0.2, 0.25) is 5.02 Å². The molecule has 3 aromatic carbocycles. The number of aliphatic carboxylic acids is 1. The molecule has 0 aliphatic rings. The summed E-state index contributed by atoms with van der Waals surface area (Å²) in [6.45, 7) is 1.69. The number of alkyl halides is 3. The highest BCUT2D eigenvalue weighted by molar-refractivity contribution is 6.32. The van der Waals surface area contributed by atoms with Gasteiger partial charge in [-0.1, -0.05) is 29.8 Å². The van der Waals surface area contributed by atoms with Crippen molar-refractivity contribution >= 4 is 46.2 Å². The van der Waals surface area contributed by atoms with Gasteiger partial charge in [-0.2, -0.15) is 13.2 Å². The van der Waals surface area contributed by atoms with Crippen LogP contribution in [0.4, 0.5) is 23.2 Å². The number of anilines is 1. The van der Waals surface area contributed by atoms with E-state index in [1.54, 1.807) is 37.3 Å². The minimum absolute atomic E-state index is 0.0451. The van der Waals surface area contributed by atoms with Crippen LogP contribution in [-0.4, -0.2) is 22.1 Å². The number of benzene rings is 3. The van der Waals surface area contributed by atoms with Crippen molar-refractivity contribution in [2.24, 2.45) is 0 Å². The van der Waals surface area contributed by atoms with Crippen LogP contribution in [-0.2, 0) is 22.2 Å². The Labute approximate surface area is 227 Å². The molecule has 4 aromatic rings. The number of aryl methyl sites for hydroxylation is 1. The molecule has 3 N–H and O–H groups in total. The van der Waals surface area contributed by atoms with Crippen molar-refractivity contribution in [2.75, 3.05) is 5.32 Å². The Bertz CT molecular complexity index is 1760. The summed E-state index contributed by atoms with van der Waals surface area (Å²) in [5.74, 6) is -4.93. The van der Waals surface area contributed by atoms with Crippen LogP contribution >= 0.6 is 11.6 Å². The lowest BCUT2D eigenvalue weighted by atomic mass is 9.93. The lowest BCUT2D eigenvalue weighted by Gasteiger charge is -2.16. The number of hydrogen-bond donors (Lipinski definition) is 3. The Kier molecular flexibility index (Phi) is 7.70. The normalized spacial score (nSPS) is 11.8. The van der Waals surface area contributed by atoms with Gasteiger partial charge in [-0.3, -0.25) is 4.79 Å². The number of carboxylic acids is 1. The van der Waals surface area contributed by atoms with Gasteiger partial charge in [0, 0.05) is 34.2 Å². The number of nitrogens with one attached hydrogen (secondary N) is 1. The Morgan fingerprint density at radius 3 is 2.52 bits per heavy atom. The lowest BCUT2D eigenvalue weighted by molar-refractivity contribution is -0.137. The minimum atomic E-state index is -5.06. The molecular weight excluding hydrogens is 558 g/mol. The standard InChI is InChI=1S/C28H18ClF4NO6/c1-13-7-16-23(11-19(13)29)40-27(39)17(26(16)15-4-2-3-14(8-15)5-6-25(37)38)9-24(36)34-21-12-22(35)20(30)10-18(21)28(31,32)33/h2-8,10-12,35H,9H2,1H3,(H,34,36)(H,37,38). The number of carbonyl (C=O) groups excluding carboxylic acids is 1. The summed E-state index contributed by atoms with van der Waals surface area (Å²) < 4.78 is 59.4. The van der Waals surface area contributed by atoms with Crippen LogP contribution in [0.15, 0.2) is 63.8 Å². The Balaban J connectivity index is 1.86. The van der Waals surface area contributed by atoms with Crippen LogP contribution in [0.1, 0.15) is 22.3 Å². The smallest absolute Gasteiger partial charge is 0.418 e. The third-order valence-corrected chi connectivity index (χ3v) is 6.29. The molecule has 0 bridgehead atoms. The number of carboxylic acid groups (broad SMARTS) is 1. The van der Waals surface area contributed by atoms with Crippen molar-refractivity contribution in [3.05, 3.63) is 98.1 Å². The van der Waals surface area contributed by atoms with Crippen LogP contribution in [0.5, 0.6) is 5.75 Å². The van der Waals surface area contributed by atoms with Crippen molar-refractivity contribution < 1.29 is 41.8 Å². The third-order valence-electron chi connectivity index (χ3n) is 5.88. The molecule has 0 radical (unpaired) electrons. The summed E-state index contributed by atoms with van der Waals surface area (Å²) in [6.07, 6.45) is -3.61. The average Bonchev–Trinajstić information content (AvgIpc) is 2.86. The second-order valence-electron chi connectivity index (χ2n) is 8.71. The van der Waals surface area contributed by atoms with E-state index in [9.17, 15) is 37.1 Å². The van der Waals surface area contributed by atoms with E-state index in [2.05, 4.69) is 0 Å². The van der Waals surface area contributed by atoms with Gasteiger partial charge in [0.15, 0.2) is 11.6 Å². The Morgan fingerprint density at radius 1 is 1.12 bits per heavy atom. The van der Waals surface area contributed by atoms with Gasteiger partial charge in [0.25, 0.3) is 0 Å². The lowest BCUT2D eigenvalue weighted by Crippen LogP contribution is -2.22. The van der Waals surface area contributed by atoms with Gasteiger partial charge in [-0.05, 0) is 47.9 Å². The molecule has 0 saturated carbocycles. The Morgan fingerprint density at radius 2 is 1.85 bits per heavy atom. The van der Waals surface area contributed by atoms with E-state index in [-0.39, 0.29) is 22.8 Å². The maximum Gasteiger partial charge on any atom is 0.418 e. The molecular formula is C28H18ClF4NO6. The SMILES string of the molecule is Cc1cc2c(-c3cccc(C=CC(=O)O)c3)c(CC(=O)Nc3cc(O)c(F)cc3C(F)(F)F)c(=O)oc2cc1Cl. The van der Waals surface area contributed by atoms with E-state index in [1.165, 1.54) is 12.1 Å². The van der Waals surface area contributed by atoms with E-state index in [4.69, 9.17) is 21.1 Å². The van der Waals surface area contributed by atoms with E-state index in [1.807, 2.05) is 5.32 Å². The zero-order valence-corrected chi connectivity index (χ0v) is 21.2. The van der Waals surface area contributed by atoms with E-state index >= 15 is 0 Å². The number of hydrogen-bond acceptors (Lipinski definition) is 5. The molecule has 1 amide bonds. The predicted octanol–water partition coefficient (Wildman–Crippen LogP) is 6.56. The van der Waals surface area contributed by atoms with Crippen molar-refractivity contribution in [3.63, 3.8) is 0 Å². The summed E-state index contributed by atoms with van der Waals surface area (Å²) in [7, 11) is 0. The number of phenolic OH excluding ortho intramolecular Hbond substituents is 1. The van der Waals surface area contributed by atoms with Crippen LogP contribution in [0.25, 0.3) is 28.2 Å². The second-order valence-corrected chi connectivity index (χ2v) is 9.12. The molecule has 0 unspecified atom stereocenters. The van der Waals surface area contributed by atoms with Crippen molar-refractivity contribution in [1.82, 2.24) is 0 Å².